The first-order chi connectivity index (χ1) is 11.7. The molecule has 1 amide bonds. The van der Waals surface area contributed by atoms with Crippen LogP contribution in [-0.4, -0.2) is 39.2 Å². The van der Waals surface area contributed by atoms with Crippen LogP contribution in [0.25, 0.3) is 0 Å². The van der Waals surface area contributed by atoms with E-state index in [-0.39, 0.29) is 17.0 Å². The van der Waals surface area contributed by atoms with Crippen LogP contribution in [0.15, 0.2) is 48.5 Å². The normalized spacial score (nSPS) is 9.92. The Morgan fingerprint density at radius 3 is 2.17 bits per heavy atom. The van der Waals surface area contributed by atoms with Gasteiger partial charge in [-0.3, -0.25) is 4.79 Å². The Kier molecular flexibility index (Phi) is 6.19. The molecule has 0 radical (unpaired) electrons. The van der Waals surface area contributed by atoms with E-state index in [1.54, 1.807) is 55.6 Å². The first-order valence-electron chi connectivity index (χ1n) is 7.38. The van der Waals surface area contributed by atoms with E-state index < -0.39 is 5.97 Å². The summed E-state index contributed by atoms with van der Waals surface area (Å²) in [5.41, 5.74) is 0.502. The third-order valence-corrected chi connectivity index (χ3v) is 3.29. The minimum Gasteiger partial charge on any atom is -0.497 e. The van der Waals surface area contributed by atoms with E-state index in [9.17, 15) is 9.59 Å². The summed E-state index contributed by atoms with van der Waals surface area (Å²) in [4.78, 5) is 23.9. The Balaban J connectivity index is 1.86. The number of ether oxygens (including phenoxy) is 3. The first kappa shape index (κ1) is 17.3. The molecule has 0 bridgehead atoms. The number of methoxy groups -OCH3 is 2. The van der Waals surface area contributed by atoms with E-state index in [1.165, 1.54) is 7.11 Å². The van der Waals surface area contributed by atoms with Gasteiger partial charge in [0.25, 0.3) is 5.91 Å². The molecule has 6 nitrogen and oxygen atoms in total. The number of benzene rings is 2. The van der Waals surface area contributed by atoms with Crippen molar-refractivity contribution in [3.63, 3.8) is 0 Å². The van der Waals surface area contributed by atoms with Crippen LogP contribution in [0.1, 0.15) is 20.7 Å². The molecule has 24 heavy (non-hydrogen) atoms. The monoisotopic (exact) mass is 329 g/mol. The quantitative estimate of drug-likeness (QED) is 0.623. The molecule has 6 heteroatoms. The Bertz CT molecular complexity index is 697. The molecular formula is C18H19NO5. The lowest BCUT2D eigenvalue weighted by atomic mass is 10.1. The lowest BCUT2D eigenvalue weighted by Gasteiger charge is -2.10. The van der Waals surface area contributed by atoms with Gasteiger partial charge in [-0.1, -0.05) is 12.1 Å². The second-order valence-corrected chi connectivity index (χ2v) is 4.82. The maximum atomic E-state index is 12.2. The average molecular weight is 329 g/mol. The first-order valence-corrected chi connectivity index (χ1v) is 7.38. The molecule has 2 aromatic carbocycles. The smallest absolute Gasteiger partial charge is 0.338 e. The highest BCUT2D eigenvalue weighted by Crippen LogP contribution is 2.16. The van der Waals surface area contributed by atoms with Crippen LogP contribution in [0.4, 0.5) is 0 Å². The summed E-state index contributed by atoms with van der Waals surface area (Å²) in [6, 6.07) is 13.6. The SMILES string of the molecule is COC(=O)c1ccccc1C(=O)NCCOc1ccc(OC)cc1. The van der Waals surface area contributed by atoms with Crippen LogP contribution < -0.4 is 14.8 Å². The molecule has 126 valence electrons. The van der Waals surface area contributed by atoms with E-state index in [1.807, 2.05) is 0 Å². The van der Waals surface area contributed by atoms with Gasteiger partial charge in [-0.05, 0) is 36.4 Å². The van der Waals surface area contributed by atoms with Gasteiger partial charge in [0, 0.05) is 0 Å². The molecule has 2 rings (SSSR count). The molecule has 0 fully saturated rings. The molecule has 0 aliphatic heterocycles. The van der Waals surface area contributed by atoms with Crippen molar-refractivity contribution in [3.05, 3.63) is 59.7 Å². The second kappa shape index (κ2) is 8.57. The zero-order valence-corrected chi connectivity index (χ0v) is 13.6. The maximum Gasteiger partial charge on any atom is 0.338 e. The van der Waals surface area contributed by atoms with Gasteiger partial charge in [0.05, 0.1) is 31.9 Å². The third-order valence-electron chi connectivity index (χ3n) is 3.29. The lowest BCUT2D eigenvalue weighted by molar-refractivity contribution is 0.0596. The number of esters is 1. The van der Waals surface area contributed by atoms with Gasteiger partial charge in [-0.25, -0.2) is 4.79 Å². The number of hydrogen-bond donors (Lipinski definition) is 1. The Morgan fingerprint density at radius 1 is 0.917 bits per heavy atom. The summed E-state index contributed by atoms with van der Waals surface area (Å²) in [6.07, 6.45) is 0. The fourth-order valence-electron chi connectivity index (χ4n) is 2.07. The minimum absolute atomic E-state index is 0.230. The molecule has 0 aliphatic carbocycles. The van der Waals surface area contributed by atoms with E-state index in [0.29, 0.717) is 18.9 Å². The number of carbonyl (C=O) groups is 2. The van der Waals surface area contributed by atoms with Crippen LogP contribution in [0.5, 0.6) is 11.5 Å². The van der Waals surface area contributed by atoms with Crippen molar-refractivity contribution in [1.82, 2.24) is 5.32 Å². The standard InChI is InChI=1S/C18H19NO5/c1-22-13-7-9-14(10-8-13)24-12-11-19-17(20)15-5-3-4-6-16(15)18(21)23-2/h3-10H,11-12H2,1-2H3,(H,19,20). The number of amides is 1. The zero-order valence-electron chi connectivity index (χ0n) is 13.6. The molecular weight excluding hydrogens is 310 g/mol. The molecule has 2 aromatic rings. The summed E-state index contributed by atoms with van der Waals surface area (Å²) in [5, 5.41) is 2.71. The van der Waals surface area contributed by atoms with Gasteiger partial charge in [0.2, 0.25) is 0 Å². The highest BCUT2D eigenvalue weighted by Gasteiger charge is 2.16. The van der Waals surface area contributed by atoms with Crippen molar-refractivity contribution < 1.29 is 23.8 Å². The summed E-state index contributed by atoms with van der Waals surface area (Å²) >= 11 is 0. The highest BCUT2D eigenvalue weighted by atomic mass is 16.5. The summed E-state index contributed by atoms with van der Waals surface area (Å²) in [6.45, 7) is 0.610. The average Bonchev–Trinajstić information content (AvgIpc) is 2.64. The second-order valence-electron chi connectivity index (χ2n) is 4.82. The van der Waals surface area contributed by atoms with Crippen molar-refractivity contribution in [2.75, 3.05) is 27.4 Å². The summed E-state index contributed by atoms with van der Waals surface area (Å²) < 4.78 is 15.3. The minimum atomic E-state index is -0.546. The largest absolute Gasteiger partial charge is 0.497 e. The number of hydrogen-bond acceptors (Lipinski definition) is 5. The fraction of sp³-hybridized carbons (Fsp3) is 0.222. The van der Waals surface area contributed by atoms with Crippen molar-refractivity contribution in [2.24, 2.45) is 0 Å². The maximum absolute atomic E-state index is 12.2. The fourth-order valence-corrected chi connectivity index (χ4v) is 2.07. The van der Waals surface area contributed by atoms with Gasteiger partial charge in [0.1, 0.15) is 18.1 Å². The molecule has 0 spiro atoms. The molecule has 0 aliphatic rings. The van der Waals surface area contributed by atoms with E-state index >= 15 is 0 Å². The highest BCUT2D eigenvalue weighted by molar-refractivity contribution is 6.05. The van der Waals surface area contributed by atoms with Crippen molar-refractivity contribution in [1.29, 1.82) is 0 Å². The third kappa shape index (κ3) is 4.49. The number of nitrogens with one attached hydrogen (secondary N) is 1. The molecule has 0 unspecified atom stereocenters. The van der Waals surface area contributed by atoms with Crippen LogP contribution in [0.2, 0.25) is 0 Å². The van der Waals surface area contributed by atoms with Gasteiger partial charge in [0.15, 0.2) is 0 Å². The van der Waals surface area contributed by atoms with Gasteiger partial charge >= 0.3 is 5.97 Å². The van der Waals surface area contributed by atoms with Crippen molar-refractivity contribution in [3.8, 4) is 11.5 Å². The summed E-state index contributed by atoms with van der Waals surface area (Å²) in [5.74, 6) is 0.527. The van der Waals surface area contributed by atoms with E-state index in [2.05, 4.69) is 10.1 Å². The molecule has 0 saturated carbocycles. The van der Waals surface area contributed by atoms with E-state index in [0.717, 1.165) is 5.75 Å². The van der Waals surface area contributed by atoms with Gasteiger partial charge in [-0.2, -0.15) is 0 Å². The Hall–Kier alpha value is -3.02. The molecule has 0 heterocycles. The Labute approximate surface area is 140 Å². The molecule has 0 atom stereocenters. The topological polar surface area (TPSA) is 73.9 Å². The van der Waals surface area contributed by atoms with Crippen LogP contribution in [-0.2, 0) is 4.74 Å². The predicted molar refractivity (Wildman–Crippen MR) is 88.6 cm³/mol. The van der Waals surface area contributed by atoms with Gasteiger partial charge in [-0.15, -0.1) is 0 Å². The van der Waals surface area contributed by atoms with Crippen LogP contribution in [0, 0.1) is 0 Å². The van der Waals surface area contributed by atoms with Gasteiger partial charge < -0.3 is 19.5 Å². The number of carbonyl (C=O) groups excluding carboxylic acids is 2. The van der Waals surface area contributed by atoms with Crippen molar-refractivity contribution >= 4 is 11.9 Å². The zero-order chi connectivity index (χ0) is 17.4. The van der Waals surface area contributed by atoms with Crippen LogP contribution in [0.3, 0.4) is 0 Å². The Morgan fingerprint density at radius 2 is 1.54 bits per heavy atom. The van der Waals surface area contributed by atoms with Crippen molar-refractivity contribution in [2.45, 2.75) is 0 Å². The van der Waals surface area contributed by atoms with E-state index in [4.69, 9.17) is 9.47 Å². The molecule has 0 saturated heterocycles. The van der Waals surface area contributed by atoms with Crippen LogP contribution >= 0.6 is 0 Å². The molecule has 0 aromatic heterocycles. The summed E-state index contributed by atoms with van der Waals surface area (Å²) in [7, 11) is 2.87. The molecule has 1 N–H and O–H groups in total. The number of rotatable bonds is 7. The predicted octanol–water partition coefficient (Wildman–Crippen LogP) is 2.29. The lowest BCUT2D eigenvalue weighted by Crippen LogP contribution is -2.29.